The van der Waals surface area contributed by atoms with Gasteiger partial charge in [-0.25, -0.2) is 4.39 Å². The molecule has 1 amide bonds. The van der Waals surface area contributed by atoms with Gasteiger partial charge in [-0.05, 0) is 35.9 Å². The maximum absolute atomic E-state index is 13.4. The van der Waals surface area contributed by atoms with Crippen LogP contribution in [0.3, 0.4) is 0 Å². The summed E-state index contributed by atoms with van der Waals surface area (Å²) in [4.78, 5) is 16.8. The molecule has 1 aliphatic rings. The van der Waals surface area contributed by atoms with Crippen LogP contribution in [0, 0.1) is 5.82 Å². The Bertz CT molecular complexity index is 1120. The third-order valence-electron chi connectivity index (χ3n) is 5.77. The van der Waals surface area contributed by atoms with Crippen LogP contribution >= 0.6 is 0 Å². The van der Waals surface area contributed by atoms with Crippen LogP contribution in [0.15, 0.2) is 54.6 Å². The van der Waals surface area contributed by atoms with Crippen LogP contribution < -0.4 is 10.2 Å². The van der Waals surface area contributed by atoms with Crippen molar-refractivity contribution in [3.8, 4) is 0 Å². The van der Waals surface area contributed by atoms with Gasteiger partial charge in [0.15, 0.2) is 5.82 Å². The fourth-order valence-corrected chi connectivity index (χ4v) is 3.85. The number of fused-ring (bicyclic) bond motifs is 1. The number of aromatic nitrogens is 3. The summed E-state index contributed by atoms with van der Waals surface area (Å²) in [7, 11) is 4.07. The van der Waals surface area contributed by atoms with Gasteiger partial charge in [-0.2, -0.15) is 0 Å². The van der Waals surface area contributed by atoms with Crippen molar-refractivity contribution in [2.75, 3.05) is 38.6 Å². The second kappa shape index (κ2) is 10.4. The number of hydrogen-bond donors (Lipinski definition) is 1. The molecule has 0 saturated heterocycles. The first-order chi connectivity index (χ1) is 16.0. The van der Waals surface area contributed by atoms with E-state index in [1.165, 1.54) is 29.4 Å². The quantitative estimate of drug-likeness (QED) is 0.602. The highest BCUT2D eigenvalue weighted by Gasteiger charge is 2.18. The zero-order valence-corrected chi connectivity index (χ0v) is 19.0. The van der Waals surface area contributed by atoms with Gasteiger partial charge in [-0.1, -0.05) is 30.4 Å². The molecule has 1 N–H and O–H groups in total. The molecule has 0 radical (unpaired) electrons. The second-order valence-electron chi connectivity index (χ2n) is 8.32. The molecular formula is C25H29FN6O. The molecular weight excluding hydrogens is 419 g/mol. The summed E-state index contributed by atoms with van der Waals surface area (Å²) in [5, 5.41) is 11.4. The zero-order valence-electron chi connectivity index (χ0n) is 19.0. The molecule has 2 aromatic carbocycles. The van der Waals surface area contributed by atoms with Crippen molar-refractivity contribution in [3.63, 3.8) is 0 Å². The van der Waals surface area contributed by atoms with Crippen molar-refractivity contribution in [3.05, 3.63) is 83.2 Å². The van der Waals surface area contributed by atoms with Crippen molar-refractivity contribution < 1.29 is 9.18 Å². The highest BCUT2D eigenvalue weighted by Crippen LogP contribution is 2.14. The van der Waals surface area contributed by atoms with Gasteiger partial charge < -0.3 is 14.8 Å². The Kier molecular flexibility index (Phi) is 7.14. The lowest BCUT2D eigenvalue weighted by molar-refractivity contribution is 0.0949. The minimum Gasteiger partial charge on any atom is -0.378 e. The normalized spacial score (nSPS) is 14.2. The maximum atomic E-state index is 13.4. The second-order valence-corrected chi connectivity index (χ2v) is 8.32. The highest BCUT2D eigenvalue weighted by molar-refractivity contribution is 5.94. The number of carbonyl (C=O) groups excluding carboxylic acids is 1. The van der Waals surface area contributed by atoms with Crippen LogP contribution in [0.2, 0.25) is 0 Å². The first-order valence-corrected chi connectivity index (χ1v) is 11.1. The molecule has 2 heterocycles. The number of carbonyl (C=O) groups is 1. The summed E-state index contributed by atoms with van der Waals surface area (Å²) in [5.74, 6) is 0.883. The predicted octanol–water partition coefficient (Wildman–Crippen LogP) is 2.98. The number of nitrogens with zero attached hydrogens (tertiary/aromatic N) is 5. The summed E-state index contributed by atoms with van der Waals surface area (Å²) in [5.41, 5.74) is 2.66. The minimum atomic E-state index is -0.432. The Hall–Kier alpha value is -3.52. The highest BCUT2D eigenvalue weighted by atomic mass is 19.1. The first-order valence-electron chi connectivity index (χ1n) is 11.1. The van der Waals surface area contributed by atoms with Gasteiger partial charge in [0.25, 0.3) is 5.91 Å². The third-order valence-corrected chi connectivity index (χ3v) is 5.77. The first kappa shape index (κ1) is 22.7. The lowest BCUT2D eigenvalue weighted by Gasteiger charge is -2.17. The van der Waals surface area contributed by atoms with Gasteiger partial charge in [0.2, 0.25) is 0 Å². The Balaban J connectivity index is 1.30. The molecule has 0 bridgehead atoms. The van der Waals surface area contributed by atoms with Gasteiger partial charge in [0.1, 0.15) is 11.6 Å². The van der Waals surface area contributed by atoms with Gasteiger partial charge >= 0.3 is 0 Å². The molecule has 1 aromatic heterocycles. The minimum absolute atomic E-state index is 0.255. The number of hydrogen-bond acceptors (Lipinski definition) is 5. The van der Waals surface area contributed by atoms with Crippen molar-refractivity contribution in [2.24, 2.45) is 0 Å². The van der Waals surface area contributed by atoms with E-state index >= 15 is 0 Å². The molecule has 0 aliphatic carbocycles. The van der Waals surface area contributed by atoms with E-state index in [2.05, 4.69) is 66.3 Å². The van der Waals surface area contributed by atoms with Crippen LogP contribution in [0.4, 0.5) is 10.1 Å². The van der Waals surface area contributed by atoms with E-state index in [0.29, 0.717) is 11.4 Å². The maximum Gasteiger partial charge on any atom is 0.251 e. The van der Waals surface area contributed by atoms with Gasteiger partial charge in [-0.3, -0.25) is 9.69 Å². The predicted molar refractivity (Wildman–Crippen MR) is 128 cm³/mol. The SMILES string of the molecule is CN(C)c1ccc(/C=C/CN2CCc3nnc(CNC(=O)c4cccc(F)c4)n3CC2)cc1. The average Bonchev–Trinajstić information content (AvgIpc) is 3.09. The number of benzene rings is 2. The van der Waals surface area contributed by atoms with Crippen LogP contribution in [0.5, 0.6) is 0 Å². The van der Waals surface area contributed by atoms with E-state index in [-0.39, 0.29) is 12.5 Å². The number of nitrogens with one attached hydrogen (secondary N) is 1. The number of rotatable bonds is 7. The molecule has 3 aromatic rings. The van der Waals surface area contributed by atoms with E-state index in [4.69, 9.17) is 0 Å². The Morgan fingerprint density at radius 3 is 2.70 bits per heavy atom. The summed E-state index contributed by atoms with van der Waals surface area (Å²) in [6.07, 6.45) is 5.14. The van der Waals surface area contributed by atoms with E-state index in [9.17, 15) is 9.18 Å². The topological polar surface area (TPSA) is 66.3 Å². The average molecular weight is 449 g/mol. The van der Waals surface area contributed by atoms with Crippen molar-refractivity contribution in [1.82, 2.24) is 25.0 Å². The lowest BCUT2D eigenvalue weighted by Crippen LogP contribution is -2.28. The molecule has 33 heavy (non-hydrogen) atoms. The van der Waals surface area contributed by atoms with E-state index < -0.39 is 5.82 Å². The smallest absolute Gasteiger partial charge is 0.251 e. The molecule has 4 rings (SSSR count). The molecule has 0 spiro atoms. The monoisotopic (exact) mass is 448 g/mol. The Labute approximate surface area is 193 Å². The van der Waals surface area contributed by atoms with Crippen LogP contribution in [0.1, 0.15) is 27.6 Å². The molecule has 0 unspecified atom stereocenters. The Morgan fingerprint density at radius 1 is 1.12 bits per heavy atom. The number of halogens is 1. The van der Waals surface area contributed by atoms with Gasteiger partial charge in [0.05, 0.1) is 6.54 Å². The molecule has 0 atom stereocenters. The standard InChI is InChI=1S/C25H29FN6O/c1-30(2)22-10-8-19(9-11-22)5-4-13-31-14-12-23-28-29-24(32(23)16-15-31)18-27-25(33)20-6-3-7-21(26)17-20/h3-11,17H,12-16,18H2,1-2H3,(H,27,33)/b5-4+. The molecule has 8 heteroatoms. The summed E-state index contributed by atoms with van der Waals surface area (Å²) in [6, 6.07) is 14.1. The fourth-order valence-electron chi connectivity index (χ4n) is 3.85. The van der Waals surface area contributed by atoms with Gasteiger partial charge in [0, 0.05) is 57.9 Å². The van der Waals surface area contributed by atoms with Gasteiger partial charge in [-0.15, -0.1) is 10.2 Å². The Morgan fingerprint density at radius 2 is 1.94 bits per heavy atom. The van der Waals surface area contributed by atoms with Crippen LogP contribution in [-0.2, 0) is 19.5 Å². The van der Waals surface area contributed by atoms with Crippen molar-refractivity contribution in [2.45, 2.75) is 19.5 Å². The largest absolute Gasteiger partial charge is 0.378 e. The summed E-state index contributed by atoms with van der Waals surface area (Å²) >= 11 is 0. The van der Waals surface area contributed by atoms with E-state index in [0.717, 1.165) is 38.4 Å². The number of amides is 1. The van der Waals surface area contributed by atoms with Crippen LogP contribution in [-0.4, -0.2) is 59.3 Å². The molecule has 172 valence electrons. The number of anilines is 1. The van der Waals surface area contributed by atoms with Crippen molar-refractivity contribution in [1.29, 1.82) is 0 Å². The lowest BCUT2D eigenvalue weighted by atomic mass is 10.2. The molecule has 7 nitrogen and oxygen atoms in total. The zero-order chi connectivity index (χ0) is 23.2. The summed E-state index contributed by atoms with van der Waals surface area (Å²) < 4.78 is 15.4. The summed E-state index contributed by atoms with van der Waals surface area (Å²) in [6.45, 7) is 3.65. The molecule has 0 fully saturated rings. The van der Waals surface area contributed by atoms with Crippen LogP contribution in [0.25, 0.3) is 6.08 Å². The fraction of sp³-hybridized carbons (Fsp3) is 0.320. The third kappa shape index (κ3) is 5.84. The van der Waals surface area contributed by atoms with E-state index in [1.807, 2.05) is 14.1 Å². The molecule has 1 aliphatic heterocycles. The van der Waals surface area contributed by atoms with E-state index in [1.54, 1.807) is 6.07 Å². The van der Waals surface area contributed by atoms with Crippen molar-refractivity contribution >= 4 is 17.7 Å². The molecule has 0 saturated carbocycles.